The van der Waals surface area contributed by atoms with Crippen molar-refractivity contribution in [3.05, 3.63) is 38.5 Å². The van der Waals surface area contributed by atoms with Gasteiger partial charge in [0.2, 0.25) is 6.20 Å². The van der Waals surface area contributed by atoms with E-state index in [0.29, 0.717) is 10.0 Å². The van der Waals surface area contributed by atoms with Crippen LogP contribution in [0.1, 0.15) is 5.56 Å². The van der Waals surface area contributed by atoms with Crippen LogP contribution in [-0.4, -0.2) is 17.1 Å². The predicted molar refractivity (Wildman–Crippen MR) is 58.4 cm³/mol. The summed E-state index contributed by atoms with van der Waals surface area (Å²) in [6.45, 7) is 0. The maximum Gasteiger partial charge on any atom is 0.235 e. The lowest BCUT2D eigenvalue weighted by Gasteiger charge is -2.05. The fourth-order valence-corrected chi connectivity index (χ4v) is 1.45. The number of aromatic hydroxyl groups is 1. The second-order valence-electron chi connectivity index (χ2n) is 2.65. The minimum atomic E-state index is -0.564. The van der Waals surface area contributed by atoms with E-state index in [0.717, 1.165) is 6.20 Å². The third-order valence-corrected chi connectivity index (χ3v) is 2.36. The molecule has 0 atom stereocenters. The molecule has 6 heteroatoms. The SMILES string of the molecule is COc1cc(/C=C/[N+](=O)[O-])c(Br)cc1O. The zero-order valence-corrected chi connectivity index (χ0v) is 9.39. The highest BCUT2D eigenvalue weighted by atomic mass is 79.9. The smallest absolute Gasteiger partial charge is 0.235 e. The largest absolute Gasteiger partial charge is 0.504 e. The zero-order chi connectivity index (χ0) is 11.4. The summed E-state index contributed by atoms with van der Waals surface area (Å²) < 4.78 is 5.43. The van der Waals surface area contributed by atoms with Gasteiger partial charge in [0.1, 0.15) is 0 Å². The molecular formula is C9H8BrNO4. The van der Waals surface area contributed by atoms with Crippen molar-refractivity contribution in [1.82, 2.24) is 0 Å². The molecule has 0 aromatic heterocycles. The van der Waals surface area contributed by atoms with Gasteiger partial charge in [-0.3, -0.25) is 10.1 Å². The highest BCUT2D eigenvalue weighted by Crippen LogP contribution is 2.32. The number of nitro groups is 1. The van der Waals surface area contributed by atoms with Crippen molar-refractivity contribution in [1.29, 1.82) is 0 Å². The third-order valence-electron chi connectivity index (χ3n) is 1.67. The summed E-state index contributed by atoms with van der Waals surface area (Å²) >= 11 is 3.17. The highest BCUT2D eigenvalue weighted by molar-refractivity contribution is 9.10. The van der Waals surface area contributed by atoms with Crippen LogP contribution in [0, 0.1) is 10.1 Å². The normalized spacial score (nSPS) is 10.5. The van der Waals surface area contributed by atoms with Crippen molar-refractivity contribution < 1.29 is 14.8 Å². The van der Waals surface area contributed by atoms with E-state index in [1.54, 1.807) is 0 Å². The fourth-order valence-electron chi connectivity index (χ4n) is 0.991. The maximum absolute atomic E-state index is 10.1. The van der Waals surface area contributed by atoms with Crippen molar-refractivity contribution in [2.45, 2.75) is 0 Å². The molecule has 0 spiro atoms. The summed E-state index contributed by atoms with van der Waals surface area (Å²) in [6.07, 6.45) is 2.13. The lowest BCUT2D eigenvalue weighted by molar-refractivity contribution is -0.400. The topological polar surface area (TPSA) is 72.6 Å². The molecule has 15 heavy (non-hydrogen) atoms. The number of phenols is 1. The van der Waals surface area contributed by atoms with Crippen LogP contribution in [0.15, 0.2) is 22.8 Å². The third kappa shape index (κ3) is 2.95. The fraction of sp³-hybridized carbons (Fsp3) is 0.111. The monoisotopic (exact) mass is 273 g/mol. The van der Waals surface area contributed by atoms with Crippen LogP contribution in [-0.2, 0) is 0 Å². The second-order valence-corrected chi connectivity index (χ2v) is 3.50. The van der Waals surface area contributed by atoms with Crippen molar-refractivity contribution in [3.63, 3.8) is 0 Å². The number of hydrogen-bond acceptors (Lipinski definition) is 4. The summed E-state index contributed by atoms with van der Waals surface area (Å²) in [5.41, 5.74) is 0.557. The van der Waals surface area contributed by atoms with Crippen LogP contribution in [0.4, 0.5) is 0 Å². The Hall–Kier alpha value is -1.56. The molecule has 0 radical (unpaired) electrons. The number of hydrogen-bond donors (Lipinski definition) is 1. The Labute approximate surface area is 94.3 Å². The molecule has 80 valence electrons. The molecule has 0 saturated heterocycles. The van der Waals surface area contributed by atoms with Gasteiger partial charge in [0.15, 0.2) is 11.5 Å². The number of halogens is 1. The Morgan fingerprint density at radius 1 is 1.60 bits per heavy atom. The first kappa shape index (κ1) is 11.5. The van der Waals surface area contributed by atoms with Crippen LogP contribution in [0.3, 0.4) is 0 Å². The van der Waals surface area contributed by atoms with E-state index < -0.39 is 4.92 Å². The van der Waals surface area contributed by atoms with Crippen molar-refractivity contribution in [3.8, 4) is 11.5 Å². The molecular weight excluding hydrogens is 266 g/mol. The van der Waals surface area contributed by atoms with Gasteiger partial charge >= 0.3 is 0 Å². The average molecular weight is 274 g/mol. The van der Waals surface area contributed by atoms with Gasteiger partial charge in [0, 0.05) is 10.5 Å². The summed E-state index contributed by atoms with van der Waals surface area (Å²) in [4.78, 5) is 9.56. The molecule has 0 heterocycles. The first-order chi connectivity index (χ1) is 7.04. The van der Waals surface area contributed by atoms with E-state index in [1.807, 2.05) is 0 Å². The molecule has 0 saturated carbocycles. The van der Waals surface area contributed by atoms with Gasteiger partial charge in [-0.2, -0.15) is 0 Å². The molecule has 5 nitrogen and oxygen atoms in total. The number of methoxy groups -OCH3 is 1. The summed E-state index contributed by atoms with van der Waals surface area (Å²) in [7, 11) is 1.41. The number of nitrogens with zero attached hydrogens (tertiary/aromatic N) is 1. The number of rotatable bonds is 3. The molecule has 0 unspecified atom stereocenters. The van der Waals surface area contributed by atoms with Crippen LogP contribution >= 0.6 is 15.9 Å². The van der Waals surface area contributed by atoms with Crippen LogP contribution < -0.4 is 4.74 Å². The Balaban J connectivity index is 3.13. The van der Waals surface area contributed by atoms with Gasteiger partial charge in [-0.1, -0.05) is 15.9 Å². The van der Waals surface area contributed by atoms with E-state index in [4.69, 9.17) is 4.74 Å². The lowest BCUT2D eigenvalue weighted by atomic mass is 10.2. The van der Waals surface area contributed by atoms with Crippen LogP contribution in [0.5, 0.6) is 11.5 Å². The van der Waals surface area contributed by atoms with Crippen molar-refractivity contribution in [2.24, 2.45) is 0 Å². The Morgan fingerprint density at radius 2 is 2.27 bits per heavy atom. The molecule has 1 N–H and O–H groups in total. The predicted octanol–water partition coefficient (Wildman–Crippen LogP) is 2.41. The number of benzene rings is 1. The van der Waals surface area contributed by atoms with E-state index in [1.165, 1.54) is 25.3 Å². The summed E-state index contributed by atoms with van der Waals surface area (Å²) in [5, 5.41) is 19.5. The molecule has 0 aliphatic rings. The molecule has 0 bridgehead atoms. The highest BCUT2D eigenvalue weighted by Gasteiger charge is 2.06. The second kappa shape index (κ2) is 4.79. The molecule has 1 aromatic carbocycles. The Kier molecular flexibility index (Phi) is 3.68. The zero-order valence-electron chi connectivity index (χ0n) is 7.81. The molecule has 0 amide bonds. The van der Waals surface area contributed by atoms with Gasteiger partial charge in [-0.05, 0) is 17.7 Å². The Morgan fingerprint density at radius 3 is 2.80 bits per heavy atom. The van der Waals surface area contributed by atoms with E-state index in [-0.39, 0.29) is 11.5 Å². The molecule has 1 rings (SSSR count). The average Bonchev–Trinajstić information content (AvgIpc) is 2.16. The summed E-state index contributed by atoms with van der Waals surface area (Å²) in [5.74, 6) is 0.240. The quantitative estimate of drug-likeness (QED) is 0.678. The first-order valence-corrected chi connectivity index (χ1v) is 4.72. The lowest BCUT2D eigenvalue weighted by Crippen LogP contribution is -1.87. The summed E-state index contributed by atoms with van der Waals surface area (Å²) in [6, 6.07) is 2.91. The molecule has 0 aliphatic carbocycles. The standard InChI is InChI=1S/C9H8BrNO4/c1-15-9-4-6(2-3-11(13)14)7(10)5-8(9)12/h2-5,12H,1H3/b3-2+. The Bertz CT molecular complexity index is 417. The maximum atomic E-state index is 10.1. The van der Waals surface area contributed by atoms with Gasteiger partial charge in [-0.15, -0.1) is 0 Å². The van der Waals surface area contributed by atoms with Crippen LogP contribution in [0.25, 0.3) is 6.08 Å². The molecule has 0 fully saturated rings. The number of ether oxygens (including phenoxy) is 1. The van der Waals surface area contributed by atoms with E-state index in [2.05, 4.69) is 15.9 Å². The number of phenolic OH excluding ortho intramolecular Hbond substituents is 1. The van der Waals surface area contributed by atoms with Gasteiger partial charge in [0.05, 0.1) is 12.0 Å². The molecule has 1 aromatic rings. The molecule has 0 aliphatic heterocycles. The first-order valence-electron chi connectivity index (χ1n) is 3.93. The minimum Gasteiger partial charge on any atom is -0.504 e. The van der Waals surface area contributed by atoms with Crippen molar-refractivity contribution in [2.75, 3.05) is 7.11 Å². The van der Waals surface area contributed by atoms with Gasteiger partial charge < -0.3 is 9.84 Å². The minimum absolute atomic E-state index is 0.0253. The van der Waals surface area contributed by atoms with E-state index in [9.17, 15) is 15.2 Å². The van der Waals surface area contributed by atoms with Crippen LogP contribution in [0.2, 0.25) is 0 Å². The van der Waals surface area contributed by atoms with Gasteiger partial charge in [0.25, 0.3) is 0 Å². The van der Waals surface area contributed by atoms with Crippen molar-refractivity contribution >= 4 is 22.0 Å². The van der Waals surface area contributed by atoms with Gasteiger partial charge in [-0.25, -0.2) is 0 Å². The van der Waals surface area contributed by atoms with E-state index >= 15 is 0 Å².